The Kier molecular flexibility index (Phi) is 4.26. The molecule has 0 radical (unpaired) electrons. The molecule has 0 spiro atoms. The summed E-state index contributed by atoms with van der Waals surface area (Å²) in [6, 6.07) is 10.4. The standard InChI is InChI=1S/C12H13ClN2O3S/c13-10-3-1-9(2-4-10)7-15-8-11-5-6-12(18-11)19(14,16)17/h1-6,15H,7-8H2,(H2,14,16,17). The first-order valence-electron chi connectivity index (χ1n) is 5.52. The lowest BCUT2D eigenvalue weighted by atomic mass is 10.2. The van der Waals surface area contributed by atoms with Crippen LogP contribution in [0.3, 0.4) is 0 Å². The third-order valence-corrected chi connectivity index (χ3v) is 3.49. The molecule has 2 rings (SSSR count). The third-order valence-electron chi connectivity index (χ3n) is 2.46. The van der Waals surface area contributed by atoms with E-state index in [0.29, 0.717) is 23.9 Å². The SMILES string of the molecule is NS(=O)(=O)c1ccc(CNCc2ccc(Cl)cc2)o1. The van der Waals surface area contributed by atoms with E-state index in [1.165, 1.54) is 6.07 Å². The number of nitrogens with two attached hydrogens (primary N) is 1. The lowest BCUT2D eigenvalue weighted by Crippen LogP contribution is -2.13. The van der Waals surface area contributed by atoms with Crippen LogP contribution < -0.4 is 10.5 Å². The van der Waals surface area contributed by atoms with Gasteiger partial charge in [0, 0.05) is 11.6 Å². The molecular weight excluding hydrogens is 288 g/mol. The van der Waals surface area contributed by atoms with Crippen LogP contribution in [0.15, 0.2) is 45.9 Å². The molecule has 1 aromatic heterocycles. The van der Waals surface area contributed by atoms with Gasteiger partial charge in [0.25, 0.3) is 10.0 Å². The van der Waals surface area contributed by atoms with Gasteiger partial charge in [0.15, 0.2) is 0 Å². The van der Waals surface area contributed by atoms with Crippen LogP contribution in [-0.2, 0) is 23.1 Å². The number of furan rings is 1. The maximum Gasteiger partial charge on any atom is 0.271 e. The van der Waals surface area contributed by atoms with E-state index >= 15 is 0 Å². The van der Waals surface area contributed by atoms with Crippen LogP contribution in [0.25, 0.3) is 0 Å². The van der Waals surface area contributed by atoms with E-state index in [-0.39, 0.29) is 5.09 Å². The van der Waals surface area contributed by atoms with Crippen LogP contribution in [-0.4, -0.2) is 8.42 Å². The highest BCUT2D eigenvalue weighted by atomic mass is 35.5. The topological polar surface area (TPSA) is 85.3 Å². The Hall–Kier alpha value is -1.34. The number of primary sulfonamides is 1. The average Bonchev–Trinajstić information content (AvgIpc) is 2.80. The Bertz CT molecular complexity index is 650. The van der Waals surface area contributed by atoms with Crippen molar-refractivity contribution in [2.24, 2.45) is 5.14 Å². The van der Waals surface area contributed by atoms with Gasteiger partial charge in [-0.3, -0.25) is 0 Å². The molecule has 0 bridgehead atoms. The lowest BCUT2D eigenvalue weighted by molar-refractivity contribution is 0.402. The van der Waals surface area contributed by atoms with Crippen molar-refractivity contribution >= 4 is 21.6 Å². The highest BCUT2D eigenvalue weighted by Crippen LogP contribution is 2.12. The highest BCUT2D eigenvalue weighted by molar-refractivity contribution is 7.89. The number of halogens is 1. The van der Waals surface area contributed by atoms with Crippen molar-refractivity contribution in [1.29, 1.82) is 0 Å². The molecule has 0 unspecified atom stereocenters. The number of benzene rings is 1. The minimum Gasteiger partial charge on any atom is -0.447 e. The largest absolute Gasteiger partial charge is 0.447 e. The van der Waals surface area contributed by atoms with Crippen LogP contribution in [0.4, 0.5) is 0 Å². The van der Waals surface area contributed by atoms with Gasteiger partial charge >= 0.3 is 0 Å². The maximum absolute atomic E-state index is 11.0. The number of nitrogens with one attached hydrogen (secondary N) is 1. The summed E-state index contributed by atoms with van der Waals surface area (Å²) in [6.45, 7) is 1.04. The molecule has 0 aliphatic carbocycles. The van der Waals surface area contributed by atoms with Crippen LogP contribution in [0.5, 0.6) is 0 Å². The number of hydrogen-bond acceptors (Lipinski definition) is 4. The highest BCUT2D eigenvalue weighted by Gasteiger charge is 2.12. The zero-order chi connectivity index (χ0) is 13.9. The smallest absolute Gasteiger partial charge is 0.271 e. The molecule has 0 aliphatic heterocycles. The van der Waals surface area contributed by atoms with Gasteiger partial charge in [0.2, 0.25) is 5.09 Å². The van der Waals surface area contributed by atoms with Crippen molar-refractivity contribution in [3.63, 3.8) is 0 Å². The molecule has 5 nitrogen and oxygen atoms in total. The van der Waals surface area contributed by atoms with Gasteiger partial charge < -0.3 is 9.73 Å². The zero-order valence-electron chi connectivity index (χ0n) is 9.97. The van der Waals surface area contributed by atoms with Crippen molar-refractivity contribution in [3.8, 4) is 0 Å². The molecule has 1 heterocycles. The average molecular weight is 301 g/mol. The predicted octanol–water partition coefficient (Wildman–Crippen LogP) is 1.87. The van der Waals surface area contributed by atoms with E-state index in [0.717, 1.165) is 5.56 Å². The molecule has 0 fully saturated rings. The third kappa shape index (κ3) is 4.07. The summed E-state index contributed by atoms with van der Waals surface area (Å²) >= 11 is 5.78. The summed E-state index contributed by atoms with van der Waals surface area (Å²) in [6.07, 6.45) is 0. The summed E-state index contributed by atoms with van der Waals surface area (Å²) in [5.74, 6) is 0.512. The molecule has 0 aliphatic rings. The summed E-state index contributed by atoms with van der Waals surface area (Å²) in [5, 5.41) is 8.54. The van der Waals surface area contributed by atoms with E-state index in [9.17, 15) is 8.42 Å². The summed E-state index contributed by atoms with van der Waals surface area (Å²) in [5.41, 5.74) is 1.07. The Morgan fingerprint density at radius 3 is 2.37 bits per heavy atom. The summed E-state index contributed by atoms with van der Waals surface area (Å²) in [4.78, 5) is 0. The van der Waals surface area contributed by atoms with Gasteiger partial charge in [-0.05, 0) is 29.8 Å². The first-order chi connectivity index (χ1) is 8.95. The molecule has 0 saturated carbocycles. The second-order valence-corrected chi connectivity index (χ2v) is 5.92. The molecule has 1 aromatic carbocycles. The van der Waals surface area contributed by atoms with Crippen LogP contribution in [0, 0.1) is 0 Å². The van der Waals surface area contributed by atoms with Crippen molar-refractivity contribution in [2.45, 2.75) is 18.2 Å². The van der Waals surface area contributed by atoms with E-state index < -0.39 is 10.0 Å². The van der Waals surface area contributed by atoms with Gasteiger partial charge in [-0.1, -0.05) is 23.7 Å². The number of rotatable bonds is 5. The molecule has 102 valence electrons. The first kappa shape index (κ1) is 14.1. The van der Waals surface area contributed by atoms with E-state index in [1.807, 2.05) is 24.3 Å². The molecule has 0 amide bonds. The number of sulfonamides is 1. The van der Waals surface area contributed by atoms with E-state index in [2.05, 4.69) is 5.32 Å². The van der Waals surface area contributed by atoms with Gasteiger partial charge in [-0.25, -0.2) is 13.6 Å². The summed E-state index contributed by atoms with van der Waals surface area (Å²) in [7, 11) is -3.77. The Morgan fingerprint density at radius 1 is 1.11 bits per heavy atom. The van der Waals surface area contributed by atoms with E-state index in [4.69, 9.17) is 21.2 Å². The van der Waals surface area contributed by atoms with Crippen LogP contribution in [0.1, 0.15) is 11.3 Å². The van der Waals surface area contributed by atoms with Crippen molar-refractivity contribution in [3.05, 3.63) is 52.7 Å². The fraction of sp³-hybridized carbons (Fsp3) is 0.167. The fourth-order valence-electron chi connectivity index (χ4n) is 1.54. The molecule has 0 atom stereocenters. The minimum atomic E-state index is -3.77. The predicted molar refractivity (Wildman–Crippen MR) is 72.1 cm³/mol. The molecular formula is C12H13ClN2O3S. The molecule has 0 saturated heterocycles. The van der Waals surface area contributed by atoms with Crippen molar-refractivity contribution in [1.82, 2.24) is 5.32 Å². The molecule has 2 aromatic rings. The van der Waals surface area contributed by atoms with Gasteiger partial charge in [0.05, 0.1) is 6.54 Å². The van der Waals surface area contributed by atoms with Crippen LogP contribution in [0.2, 0.25) is 5.02 Å². The Morgan fingerprint density at radius 2 is 1.79 bits per heavy atom. The first-order valence-corrected chi connectivity index (χ1v) is 7.44. The monoisotopic (exact) mass is 300 g/mol. The van der Waals surface area contributed by atoms with Crippen LogP contribution >= 0.6 is 11.6 Å². The van der Waals surface area contributed by atoms with Gasteiger partial charge in [0.1, 0.15) is 5.76 Å². The normalized spacial score (nSPS) is 11.7. The van der Waals surface area contributed by atoms with Crippen molar-refractivity contribution in [2.75, 3.05) is 0 Å². The number of hydrogen-bond donors (Lipinski definition) is 2. The molecule has 19 heavy (non-hydrogen) atoms. The van der Waals surface area contributed by atoms with E-state index in [1.54, 1.807) is 6.07 Å². The van der Waals surface area contributed by atoms with Crippen molar-refractivity contribution < 1.29 is 12.8 Å². The second kappa shape index (κ2) is 5.75. The molecule has 3 N–H and O–H groups in total. The van der Waals surface area contributed by atoms with Gasteiger partial charge in [-0.15, -0.1) is 0 Å². The van der Waals surface area contributed by atoms with Gasteiger partial charge in [-0.2, -0.15) is 0 Å². The quantitative estimate of drug-likeness (QED) is 0.882. The Balaban J connectivity index is 1.89. The lowest BCUT2D eigenvalue weighted by Gasteiger charge is -2.03. The minimum absolute atomic E-state index is 0.226. The zero-order valence-corrected chi connectivity index (χ0v) is 11.5. The fourth-order valence-corrected chi connectivity index (χ4v) is 2.15. The molecule has 7 heteroatoms. The summed E-state index contributed by atoms with van der Waals surface area (Å²) < 4.78 is 27.2. The maximum atomic E-state index is 11.0. The Labute approximate surface area is 116 Å². The second-order valence-electron chi connectivity index (χ2n) is 4.00.